The third-order valence-electron chi connectivity index (χ3n) is 2.68. The third kappa shape index (κ3) is 2.66. The summed E-state index contributed by atoms with van der Waals surface area (Å²) in [5.74, 6) is 0.370. The largest absolute Gasteiger partial charge is 0.222 e. The van der Waals surface area contributed by atoms with Gasteiger partial charge in [-0.15, -0.1) is 11.6 Å². The normalized spacial score (nSPS) is 10.9. The van der Waals surface area contributed by atoms with E-state index in [0.717, 1.165) is 29.8 Å². The number of hydrogen-bond donors (Lipinski definition) is 0. The Morgan fingerprint density at radius 1 is 1.28 bits per heavy atom. The highest BCUT2D eigenvalue weighted by atomic mass is 35.5. The van der Waals surface area contributed by atoms with Crippen molar-refractivity contribution in [2.45, 2.75) is 25.6 Å². The van der Waals surface area contributed by atoms with Gasteiger partial charge in [-0.2, -0.15) is 5.10 Å². The summed E-state index contributed by atoms with van der Waals surface area (Å²) in [5.41, 5.74) is 2.71. The lowest BCUT2D eigenvalue weighted by Crippen LogP contribution is -1.97. The van der Waals surface area contributed by atoms with E-state index in [1.165, 1.54) is 0 Å². The van der Waals surface area contributed by atoms with Crippen molar-refractivity contribution < 1.29 is 0 Å². The summed E-state index contributed by atoms with van der Waals surface area (Å²) in [7, 11) is 0. The number of hydrogen-bond acceptors (Lipinski definition) is 1. The molecule has 1 heterocycles. The molecule has 2 aromatic rings. The number of halogens is 3. The molecule has 0 amide bonds. The SMILES string of the molecule is CCCc1nn(-c2cccc(Cl)c2)c(Cl)c1CCl. The fourth-order valence-corrected chi connectivity index (χ4v) is 2.67. The van der Waals surface area contributed by atoms with Crippen LogP contribution >= 0.6 is 34.8 Å². The topological polar surface area (TPSA) is 17.8 Å². The summed E-state index contributed by atoms with van der Waals surface area (Å²) in [6, 6.07) is 7.43. The molecule has 0 bridgehead atoms. The predicted octanol–water partition coefficient (Wildman–Crippen LogP) is 4.87. The molecule has 0 fully saturated rings. The number of aryl methyl sites for hydroxylation is 1. The minimum atomic E-state index is 0.370. The zero-order valence-electron chi connectivity index (χ0n) is 9.96. The van der Waals surface area contributed by atoms with Gasteiger partial charge in [0.2, 0.25) is 0 Å². The lowest BCUT2D eigenvalue weighted by molar-refractivity contribution is 0.805. The first-order valence-corrected chi connectivity index (χ1v) is 7.04. The molecule has 0 unspecified atom stereocenters. The van der Waals surface area contributed by atoms with Crippen LogP contribution in [0, 0.1) is 0 Å². The van der Waals surface area contributed by atoms with E-state index >= 15 is 0 Å². The summed E-state index contributed by atoms with van der Waals surface area (Å²) >= 11 is 18.2. The van der Waals surface area contributed by atoms with Crippen LogP contribution in [0.25, 0.3) is 5.69 Å². The molecule has 5 heteroatoms. The minimum Gasteiger partial charge on any atom is -0.222 e. The van der Waals surface area contributed by atoms with Crippen molar-refractivity contribution in [1.82, 2.24) is 9.78 Å². The van der Waals surface area contributed by atoms with Crippen molar-refractivity contribution in [1.29, 1.82) is 0 Å². The molecule has 0 atom stereocenters. The third-order valence-corrected chi connectivity index (χ3v) is 3.57. The lowest BCUT2D eigenvalue weighted by Gasteiger charge is -2.03. The zero-order chi connectivity index (χ0) is 13.1. The zero-order valence-corrected chi connectivity index (χ0v) is 12.2. The smallest absolute Gasteiger partial charge is 0.137 e. The summed E-state index contributed by atoms with van der Waals surface area (Å²) in [4.78, 5) is 0. The van der Waals surface area contributed by atoms with Crippen LogP contribution in [0.3, 0.4) is 0 Å². The molecule has 0 N–H and O–H groups in total. The van der Waals surface area contributed by atoms with Gasteiger partial charge in [0.15, 0.2) is 0 Å². The molecule has 96 valence electrons. The second-order valence-electron chi connectivity index (χ2n) is 3.99. The van der Waals surface area contributed by atoms with Gasteiger partial charge in [-0.1, -0.05) is 42.6 Å². The molecule has 1 aromatic heterocycles. The van der Waals surface area contributed by atoms with Crippen molar-refractivity contribution in [2.75, 3.05) is 0 Å². The van der Waals surface area contributed by atoms with Crippen molar-refractivity contribution in [3.05, 3.63) is 45.7 Å². The Bertz CT molecular complexity index is 549. The van der Waals surface area contributed by atoms with E-state index in [1.807, 2.05) is 24.3 Å². The molecule has 1 aromatic carbocycles. The molecular formula is C13H13Cl3N2. The Labute approximate surface area is 121 Å². The highest BCUT2D eigenvalue weighted by Gasteiger charge is 2.15. The van der Waals surface area contributed by atoms with E-state index in [-0.39, 0.29) is 0 Å². The first-order chi connectivity index (χ1) is 8.67. The number of rotatable bonds is 4. The standard InChI is InChI=1S/C13H13Cl3N2/c1-2-4-12-11(8-14)13(16)18(17-12)10-6-3-5-9(15)7-10/h3,5-7H,2,4,8H2,1H3. The molecule has 2 rings (SSSR count). The Hall–Kier alpha value is -0.700. The minimum absolute atomic E-state index is 0.370. The molecule has 18 heavy (non-hydrogen) atoms. The van der Waals surface area contributed by atoms with E-state index in [1.54, 1.807) is 4.68 Å². The van der Waals surface area contributed by atoms with Gasteiger partial charge >= 0.3 is 0 Å². The number of benzene rings is 1. The van der Waals surface area contributed by atoms with Crippen molar-refractivity contribution >= 4 is 34.8 Å². The van der Waals surface area contributed by atoms with Crippen molar-refractivity contribution in [3.8, 4) is 5.69 Å². The van der Waals surface area contributed by atoms with Crippen LogP contribution < -0.4 is 0 Å². The molecule has 0 spiro atoms. The maximum absolute atomic E-state index is 6.33. The maximum atomic E-state index is 6.33. The fraction of sp³-hybridized carbons (Fsp3) is 0.308. The van der Waals surface area contributed by atoms with E-state index in [4.69, 9.17) is 34.8 Å². The molecule has 0 aliphatic carbocycles. The van der Waals surface area contributed by atoms with Crippen LogP contribution in [0.5, 0.6) is 0 Å². The van der Waals surface area contributed by atoms with Gasteiger partial charge in [-0.05, 0) is 24.6 Å². The highest BCUT2D eigenvalue weighted by Crippen LogP contribution is 2.27. The summed E-state index contributed by atoms with van der Waals surface area (Å²) < 4.78 is 1.69. The van der Waals surface area contributed by atoms with Gasteiger partial charge in [0, 0.05) is 10.6 Å². The Morgan fingerprint density at radius 3 is 2.67 bits per heavy atom. The maximum Gasteiger partial charge on any atom is 0.137 e. The Kier molecular flexibility index (Phi) is 4.55. The average molecular weight is 304 g/mol. The van der Waals surface area contributed by atoms with Gasteiger partial charge in [0.25, 0.3) is 0 Å². The predicted molar refractivity (Wildman–Crippen MR) is 77.1 cm³/mol. The second-order valence-corrected chi connectivity index (χ2v) is 5.05. The molecule has 0 aliphatic heterocycles. The van der Waals surface area contributed by atoms with Crippen molar-refractivity contribution in [3.63, 3.8) is 0 Å². The molecule has 0 aliphatic rings. The van der Waals surface area contributed by atoms with Gasteiger partial charge in [-0.25, -0.2) is 4.68 Å². The molecule has 2 nitrogen and oxygen atoms in total. The number of aromatic nitrogens is 2. The first kappa shape index (κ1) is 13.7. The van der Waals surface area contributed by atoms with E-state index in [9.17, 15) is 0 Å². The van der Waals surface area contributed by atoms with E-state index in [0.29, 0.717) is 16.1 Å². The van der Waals surface area contributed by atoms with Crippen LogP contribution in [0.1, 0.15) is 24.6 Å². The van der Waals surface area contributed by atoms with Gasteiger partial charge in [0.1, 0.15) is 5.15 Å². The summed E-state index contributed by atoms with van der Waals surface area (Å²) in [6.45, 7) is 2.10. The molecular weight excluding hydrogens is 291 g/mol. The van der Waals surface area contributed by atoms with Crippen LogP contribution in [0.4, 0.5) is 0 Å². The Morgan fingerprint density at radius 2 is 2.06 bits per heavy atom. The summed E-state index contributed by atoms with van der Waals surface area (Å²) in [5, 5.41) is 5.74. The van der Waals surface area contributed by atoms with E-state index in [2.05, 4.69) is 12.0 Å². The lowest BCUT2D eigenvalue weighted by atomic mass is 10.2. The average Bonchev–Trinajstić information content (AvgIpc) is 2.66. The van der Waals surface area contributed by atoms with E-state index < -0.39 is 0 Å². The fourth-order valence-electron chi connectivity index (χ4n) is 1.82. The second kappa shape index (κ2) is 5.96. The molecule has 0 saturated heterocycles. The highest BCUT2D eigenvalue weighted by molar-refractivity contribution is 6.32. The quantitative estimate of drug-likeness (QED) is 0.737. The van der Waals surface area contributed by atoms with Crippen LogP contribution in [0.2, 0.25) is 10.2 Å². The molecule has 0 radical (unpaired) electrons. The van der Waals surface area contributed by atoms with Crippen molar-refractivity contribution in [2.24, 2.45) is 0 Å². The number of nitrogens with zero attached hydrogens (tertiary/aromatic N) is 2. The van der Waals surface area contributed by atoms with Gasteiger partial charge < -0.3 is 0 Å². The summed E-state index contributed by atoms with van der Waals surface area (Å²) in [6.07, 6.45) is 1.88. The van der Waals surface area contributed by atoms with Crippen LogP contribution in [-0.4, -0.2) is 9.78 Å². The molecule has 0 saturated carbocycles. The van der Waals surface area contributed by atoms with Gasteiger partial charge in [-0.3, -0.25) is 0 Å². The van der Waals surface area contributed by atoms with Crippen LogP contribution in [0.15, 0.2) is 24.3 Å². The monoisotopic (exact) mass is 302 g/mol. The van der Waals surface area contributed by atoms with Gasteiger partial charge in [0.05, 0.1) is 17.3 Å². The van der Waals surface area contributed by atoms with Crippen LogP contribution in [-0.2, 0) is 12.3 Å². The first-order valence-electron chi connectivity index (χ1n) is 5.75. The Balaban J connectivity index is 2.51. The number of alkyl halides is 1.